The highest BCUT2D eigenvalue weighted by Crippen LogP contribution is 2.57. The van der Waals surface area contributed by atoms with Crippen LogP contribution in [0.25, 0.3) is 0 Å². The summed E-state index contributed by atoms with van der Waals surface area (Å²) in [7, 11) is -3.49. The van der Waals surface area contributed by atoms with Gasteiger partial charge in [0.15, 0.2) is 9.84 Å². The molecule has 10 heteroatoms. The molecule has 3 aliphatic rings. The van der Waals surface area contributed by atoms with Gasteiger partial charge in [0.25, 0.3) is 0 Å². The van der Waals surface area contributed by atoms with E-state index in [1.165, 1.54) is 25.0 Å². The summed E-state index contributed by atoms with van der Waals surface area (Å²) in [4.78, 5) is 14.4. The summed E-state index contributed by atoms with van der Waals surface area (Å²) < 4.78 is 56.4. The number of alkyl carbamates (subject to hydrolysis) is 1. The molecular formula is C28H41FN2O6S. The quantitative estimate of drug-likeness (QED) is 0.415. The number of ether oxygens (including phenoxy) is 3. The molecule has 212 valence electrons. The molecule has 1 N–H and O–H groups in total. The Hall–Kier alpha value is -2.17. The summed E-state index contributed by atoms with van der Waals surface area (Å²) in [6, 6.07) is 6.19. The van der Waals surface area contributed by atoms with Crippen LogP contribution in [-0.4, -0.2) is 69.3 Å². The summed E-state index contributed by atoms with van der Waals surface area (Å²) in [6.45, 7) is 11.1. The van der Waals surface area contributed by atoms with Gasteiger partial charge in [-0.15, -0.1) is 0 Å². The molecule has 1 saturated carbocycles. The third-order valence-electron chi connectivity index (χ3n) is 7.72. The van der Waals surface area contributed by atoms with Crippen molar-refractivity contribution in [1.29, 1.82) is 0 Å². The summed E-state index contributed by atoms with van der Waals surface area (Å²) >= 11 is 0. The minimum atomic E-state index is -3.49. The molecule has 2 atom stereocenters. The van der Waals surface area contributed by atoms with E-state index in [9.17, 15) is 17.6 Å². The van der Waals surface area contributed by atoms with Crippen LogP contribution in [0.3, 0.4) is 0 Å². The van der Waals surface area contributed by atoms with Crippen LogP contribution in [0.4, 0.5) is 9.18 Å². The van der Waals surface area contributed by atoms with Crippen molar-refractivity contribution in [2.45, 2.75) is 83.1 Å². The van der Waals surface area contributed by atoms with E-state index in [-0.39, 0.29) is 41.0 Å². The number of sulfone groups is 1. The average Bonchev–Trinajstić information content (AvgIpc) is 3.75. The summed E-state index contributed by atoms with van der Waals surface area (Å²) in [5.41, 5.74) is -0.382. The van der Waals surface area contributed by atoms with Gasteiger partial charge in [0.1, 0.15) is 30.3 Å². The van der Waals surface area contributed by atoms with Crippen molar-refractivity contribution in [3.63, 3.8) is 0 Å². The number of halogens is 1. The van der Waals surface area contributed by atoms with Crippen molar-refractivity contribution in [3.05, 3.63) is 36.2 Å². The minimum Gasteiger partial charge on any atom is -0.489 e. The predicted molar refractivity (Wildman–Crippen MR) is 142 cm³/mol. The fraction of sp³-hybridized carbons (Fsp3) is 0.679. The number of carbonyl (C=O) groups is 1. The largest absolute Gasteiger partial charge is 0.489 e. The molecule has 2 heterocycles. The van der Waals surface area contributed by atoms with Crippen LogP contribution >= 0.6 is 0 Å². The fourth-order valence-electron chi connectivity index (χ4n) is 4.92. The van der Waals surface area contributed by atoms with Crippen LogP contribution < -0.4 is 10.1 Å². The number of carbonyl (C=O) groups excluding carboxylic acids is 1. The lowest BCUT2D eigenvalue weighted by Crippen LogP contribution is -2.44. The number of nitrogens with one attached hydrogen (secondary N) is 1. The lowest BCUT2D eigenvalue weighted by Gasteiger charge is -2.38. The highest BCUT2D eigenvalue weighted by molar-refractivity contribution is 7.91. The van der Waals surface area contributed by atoms with Gasteiger partial charge >= 0.3 is 6.09 Å². The molecule has 1 aromatic carbocycles. The number of nitrogens with zero attached hydrogens (tertiary/aromatic N) is 1. The smallest absolute Gasteiger partial charge is 0.407 e. The molecule has 1 aliphatic carbocycles. The van der Waals surface area contributed by atoms with Crippen LogP contribution in [-0.2, 0) is 19.3 Å². The van der Waals surface area contributed by atoms with E-state index in [0.717, 1.165) is 25.9 Å². The molecule has 4 rings (SSSR count). The Morgan fingerprint density at radius 1 is 1.16 bits per heavy atom. The first-order valence-corrected chi connectivity index (χ1v) is 15.0. The average molecular weight is 553 g/mol. The maximum atomic E-state index is 13.3. The lowest BCUT2D eigenvalue weighted by atomic mass is 9.82. The normalized spacial score (nSPS) is 24.9. The summed E-state index contributed by atoms with van der Waals surface area (Å²) in [5.74, 6) is 0.495. The SMILES string of the molecule is CC1(CS(=O)(=O)c2ccc(OC/C(=C/F)CNC(=O)OC(C)(C)C)cc2)CCN(C2OC2C2(C)CC2)CC1. The molecule has 1 amide bonds. The molecule has 0 aromatic heterocycles. The van der Waals surface area contributed by atoms with Crippen LogP contribution in [0.15, 0.2) is 41.1 Å². The molecule has 2 unspecified atom stereocenters. The van der Waals surface area contributed by atoms with E-state index >= 15 is 0 Å². The number of likely N-dealkylation sites (tertiary alicyclic amines) is 1. The molecule has 2 saturated heterocycles. The van der Waals surface area contributed by atoms with Gasteiger partial charge in [0.2, 0.25) is 0 Å². The zero-order valence-corrected chi connectivity index (χ0v) is 23.9. The number of rotatable bonds is 10. The molecule has 0 spiro atoms. The zero-order chi connectivity index (χ0) is 27.8. The van der Waals surface area contributed by atoms with E-state index in [1.54, 1.807) is 32.9 Å². The highest BCUT2D eigenvalue weighted by Gasteiger charge is 2.60. The second-order valence-electron chi connectivity index (χ2n) is 12.6. The van der Waals surface area contributed by atoms with E-state index in [4.69, 9.17) is 14.2 Å². The standard InChI is InChI=1S/C28H41FN2O6S/c1-26(2,3)37-25(32)30-17-20(16-29)18-35-21-6-8-22(9-7-21)38(33,34)19-27(4)12-14-31(15-13-27)24-23(36-24)28(5)10-11-28/h6-9,16,23-24H,10-15,17-19H2,1-5H3,(H,30,32)/b20-16+. The van der Waals surface area contributed by atoms with E-state index in [0.29, 0.717) is 23.6 Å². The Labute approximate surface area is 225 Å². The number of epoxide rings is 1. The number of hydrogen-bond donors (Lipinski definition) is 1. The topological polar surface area (TPSA) is 97.5 Å². The number of benzene rings is 1. The Kier molecular flexibility index (Phi) is 8.17. The van der Waals surface area contributed by atoms with Gasteiger partial charge in [-0.1, -0.05) is 13.8 Å². The molecular weight excluding hydrogens is 511 g/mol. The van der Waals surface area contributed by atoms with Gasteiger partial charge in [-0.3, -0.25) is 4.90 Å². The Balaban J connectivity index is 1.24. The van der Waals surface area contributed by atoms with Gasteiger partial charge in [-0.25, -0.2) is 17.6 Å². The van der Waals surface area contributed by atoms with Gasteiger partial charge < -0.3 is 19.5 Å². The zero-order valence-electron chi connectivity index (χ0n) is 23.1. The Morgan fingerprint density at radius 2 is 1.79 bits per heavy atom. The lowest BCUT2D eigenvalue weighted by molar-refractivity contribution is 0.0531. The van der Waals surface area contributed by atoms with Gasteiger partial charge in [0.05, 0.1) is 17.0 Å². The van der Waals surface area contributed by atoms with Crippen LogP contribution in [0.2, 0.25) is 0 Å². The summed E-state index contributed by atoms with van der Waals surface area (Å²) in [6.07, 6.45) is 4.37. The van der Waals surface area contributed by atoms with E-state index in [1.807, 2.05) is 0 Å². The van der Waals surface area contributed by atoms with E-state index in [2.05, 4.69) is 24.1 Å². The highest BCUT2D eigenvalue weighted by atomic mass is 32.2. The Morgan fingerprint density at radius 3 is 2.34 bits per heavy atom. The third-order valence-corrected chi connectivity index (χ3v) is 9.78. The van der Waals surface area contributed by atoms with Crippen molar-refractivity contribution in [1.82, 2.24) is 10.2 Å². The fourth-order valence-corrected chi connectivity index (χ4v) is 6.84. The molecule has 3 fully saturated rings. The first kappa shape index (κ1) is 28.8. The van der Waals surface area contributed by atoms with Crippen LogP contribution in [0, 0.1) is 10.8 Å². The molecule has 0 bridgehead atoms. The third kappa shape index (κ3) is 7.48. The van der Waals surface area contributed by atoms with Gasteiger partial charge in [0, 0.05) is 25.2 Å². The van der Waals surface area contributed by atoms with Crippen LogP contribution in [0.1, 0.15) is 60.3 Å². The van der Waals surface area contributed by atoms with Crippen molar-refractivity contribution in [3.8, 4) is 5.75 Å². The number of amides is 1. The monoisotopic (exact) mass is 552 g/mol. The second-order valence-corrected chi connectivity index (χ2v) is 14.6. The predicted octanol–water partition coefficient (Wildman–Crippen LogP) is 4.84. The maximum absolute atomic E-state index is 13.3. The number of hydrogen-bond acceptors (Lipinski definition) is 7. The van der Waals surface area contributed by atoms with Crippen LogP contribution in [0.5, 0.6) is 5.75 Å². The Bertz CT molecular complexity index is 1130. The number of piperidine rings is 1. The first-order valence-electron chi connectivity index (χ1n) is 13.3. The first-order chi connectivity index (χ1) is 17.7. The molecule has 2 aliphatic heterocycles. The minimum absolute atomic E-state index is 0.0687. The van der Waals surface area contributed by atoms with E-state index < -0.39 is 21.5 Å². The second kappa shape index (κ2) is 10.8. The molecule has 1 aromatic rings. The molecule has 8 nitrogen and oxygen atoms in total. The van der Waals surface area contributed by atoms with Crippen molar-refractivity contribution >= 4 is 15.9 Å². The van der Waals surface area contributed by atoms with Crippen molar-refractivity contribution in [2.24, 2.45) is 10.8 Å². The van der Waals surface area contributed by atoms with Gasteiger partial charge in [-0.05, 0) is 81.5 Å². The molecule has 0 radical (unpaired) electrons. The van der Waals surface area contributed by atoms with Crippen molar-refractivity contribution < 1.29 is 31.8 Å². The maximum Gasteiger partial charge on any atom is 0.407 e. The van der Waals surface area contributed by atoms with Gasteiger partial charge in [-0.2, -0.15) is 0 Å². The van der Waals surface area contributed by atoms with Crippen molar-refractivity contribution in [2.75, 3.05) is 32.0 Å². The summed E-state index contributed by atoms with van der Waals surface area (Å²) in [5, 5.41) is 2.48. The molecule has 38 heavy (non-hydrogen) atoms.